The van der Waals surface area contributed by atoms with Crippen molar-refractivity contribution >= 4 is 21.6 Å². The van der Waals surface area contributed by atoms with Crippen LogP contribution >= 0.6 is 15.9 Å². The first-order valence-electron chi connectivity index (χ1n) is 7.52. The van der Waals surface area contributed by atoms with Crippen LogP contribution in [-0.4, -0.2) is 25.2 Å². The van der Waals surface area contributed by atoms with Crippen LogP contribution < -0.4 is 10.2 Å². The fourth-order valence-electron chi connectivity index (χ4n) is 3.01. The lowest BCUT2D eigenvalue weighted by molar-refractivity contribution is 0.368. The van der Waals surface area contributed by atoms with Gasteiger partial charge in [0.15, 0.2) is 0 Å². The second kappa shape index (κ2) is 6.90. The molecule has 1 N–H and O–H groups in total. The standard InChI is InChI=1S/C16H24BrFN2/c1-4-6-12-10-20(13(5-2)9-19-12)16-8-15(18)14(17)7-11(16)3/h7-8,12-13,19H,4-6,9-10H2,1-3H3. The summed E-state index contributed by atoms with van der Waals surface area (Å²) in [6.07, 6.45) is 3.42. The van der Waals surface area contributed by atoms with Gasteiger partial charge in [-0.05, 0) is 53.4 Å². The first kappa shape index (κ1) is 15.8. The molecule has 0 spiro atoms. The first-order valence-corrected chi connectivity index (χ1v) is 8.31. The van der Waals surface area contributed by atoms with Gasteiger partial charge in [-0.3, -0.25) is 0 Å². The lowest BCUT2D eigenvalue weighted by Gasteiger charge is -2.42. The van der Waals surface area contributed by atoms with Gasteiger partial charge in [0.2, 0.25) is 0 Å². The highest BCUT2D eigenvalue weighted by molar-refractivity contribution is 9.10. The lowest BCUT2D eigenvalue weighted by Crippen LogP contribution is -2.56. The molecule has 0 amide bonds. The molecule has 112 valence electrons. The molecule has 2 nitrogen and oxygen atoms in total. The summed E-state index contributed by atoms with van der Waals surface area (Å²) in [4.78, 5) is 2.39. The van der Waals surface area contributed by atoms with Crippen molar-refractivity contribution in [3.63, 3.8) is 0 Å². The topological polar surface area (TPSA) is 15.3 Å². The van der Waals surface area contributed by atoms with Crippen molar-refractivity contribution in [2.45, 2.75) is 52.1 Å². The van der Waals surface area contributed by atoms with Crippen molar-refractivity contribution in [2.75, 3.05) is 18.0 Å². The highest BCUT2D eigenvalue weighted by Gasteiger charge is 2.27. The fourth-order valence-corrected chi connectivity index (χ4v) is 3.47. The normalized spacial score (nSPS) is 23.1. The minimum absolute atomic E-state index is 0.175. The molecule has 0 saturated carbocycles. The number of nitrogens with one attached hydrogen (secondary N) is 1. The molecule has 20 heavy (non-hydrogen) atoms. The third-order valence-corrected chi connectivity index (χ3v) is 4.76. The Labute approximate surface area is 129 Å². The van der Waals surface area contributed by atoms with Gasteiger partial charge in [-0.2, -0.15) is 0 Å². The van der Waals surface area contributed by atoms with E-state index in [1.807, 2.05) is 6.07 Å². The van der Waals surface area contributed by atoms with Crippen molar-refractivity contribution in [3.05, 3.63) is 28.0 Å². The molecule has 2 unspecified atom stereocenters. The van der Waals surface area contributed by atoms with Crippen LogP contribution in [0.1, 0.15) is 38.7 Å². The largest absolute Gasteiger partial charge is 0.365 e. The van der Waals surface area contributed by atoms with E-state index in [-0.39, 0.29) is 5.82 Å². The Morgan fingerprint density at radius 2 is 2.15 bits per heavy atom. The van der Waals surface area contributed by atoms with Gasteiger partial charge in [-0.1, -0.05) is 20.3 Å². The Morgan fingerprint density at radius 3 is 2.80 bits per heavy atom. The highest BCUT2D eigenvalue weighted by Crippen LogP contribution is 2.30. The summed E-state index contributed by atoms with van der Waals surface area (Å²) >= 11 is 3.27. The molecule has 1 fully saturated rings. The van der Waals surface area contributed by atoms with E-state index in [4.69, 9.17) is 0 Å². The van der Waals surface area contributed by atoms with Crippen molar-refractivity contribution < 1.29 is 4.39 Å². The molecule has 4 heteroatoms. The van der Waals surface area contributed by atoms with E-state index in [0.717, 1.165) is 30.8 Å². The summed E-state index contributed by atoms with van der Waals surface area (Å²) < 4.78 is 14.4. The molecule has 0 aromatic heterocycles. The van der Waals surface area contributed by atoms with Crippen LogP contribution in [0.15, 0.2) is 16.6 Å². The quantitative estimate of drug-likeness (QED) is 0.879. The van der Waals surface area contributed by atoms with Crippen molar-refractivity contribution in [1.82, 2.24) is 5.32 Å². The van der Waals surface area contributed by atoms with Gasteiger partial charge in [-0.25, -0.2) is 4.39 Å². The Kier molecular flexibility index (Phi) is 5.44. The maximum Gasteiger partial charge on any atom is 0.139 e. The maximum atomic E-state index is 13.9. The number of nitrogens with zero attached hydrogens (tertiary/aromatic N) is 1. The molecule has 0 aliphatic carbocycles. The number of piperazine rings is 1. The van der Waals surface area contributed by atoms with E-state index in [2.05, 4.69) is 46.9 Å². The average Bonchev–Trinajstić information content (AvgIpc) is 2.43. The van der Waals surface area contributed by atoms with E-state index < -0.39 is 0 Å². The van der Waals surface area contributed by atoms with Crippen LogP contribution in [0.3, 0.4) is 0 Å². The Balaban J connectivity index is 2.28. The summed E-state index contributed by atoms with van der Waals surface area (Å²) in [5.41, 5.74) is 2.18. The van der Waals surface area contributed by atoms with E-state index in [9.17, 15) is 4.39 Å². The van der Waals surface area contributed by atoms with E-state index in [0.29, 0.717) is 16.6 Å². The van der Waals surface area contributed by atoms with Gasteiger partial charge in [0.05, 0.1) is 4.47 Å². The van der Waals surface area contributed by atoms with Gasteiger partial charge in [0, 0.05) is 30.9 Å². The second-order valence-corrected chi connectivity index (χ2v) is 6.52. The van der Waals surface area contributed by atoms with E-state index in [1.165, 1.54) is 12.8 Å². The molecule has 1 aliphatic rings. The number of halogens is 2. The van der Waals surface area contributed by atoms with Crippen molar-refractivity contribution in [2.24, 2.45) is 0 Å². The second-order valence-electron chi connectivity index (χ2n) is 5.66. The van der Waals surface area contributed by atoms with Crippen LogP contribution in [0.4, 0.5) is 10.1 Å². The minimum Gasteiger partial charge on any atom is -0.365 e. The Bertz CT molecular complexity index is 464. The highest BCUT2D eigenvalue weighted by atomic mass is 79.9. The predicted molar refractivity (Wildman–Crippen MR) is 87.0 cm³/mol. The SMILES string of the molecule is CCCC1CN(c2cc(F)c(Br)cc2C)C(CC)CN1. The molecule has 1 aromatic carbocycles. The van der Waals surface area contributed by atoms with Gasteiger partial charge in [0.25, 0.3) is 0 Å². The molecule has 0 radical (unpaired) electrons. The number of benzene rings is 1. The fraction of sp³-hybridized carbons (Fsp3) is 0.625. The predicted octanol–water partition coefficient (Wildman–Crippen LogP) is 4.25. The zero-order valence-corrected chi connectivity index (χ0v) is 14.1. The lowest BCUT2D eigenvalue weighted by atomic mass is 10.0. The van der Waals surface area contributed by atoms with Crippen molar-refractivity contribution in [3.8, 4) is 0 Å². The number of aryl methyl sites for hydroxylation is 1. The van der Waals surface area contributed by atoms with Crippen LogP contribution in [0.2, 0.25) is 0 Å². The average molecular weight is 343 g/mol. The zero-order valence-electron chi connectivity index (χ0n) is 12.5. The van der Waals surface area contributed by atoms with E-state index >= 15 is 0 Å². The summed E-state index contributed by atoms with van der Waals surface area (Å²) in [5, 5.41) is 3.62. The molecule has 1 saturated heterocycles. The third kappa shape index (κ3) is 3.34. The smallest absolute Gasteiger partial charge is 0.139 e. The molecule has 1 aromatic rings. The summed E-state index contributed by atoms with van der Waals surface area (Å²) in [7, 11) is 0. The third-order valence-electron chi connectivity index (χ3n) is 4.16. The molecule has 2 atom stereocenters. The Morgan fingerprint density at radius 1 is 1.40 bits per heavy atom. The molecule has 1 heterocycles. The molecule has 2 rings (SSSR count). The molecular weight excluding hydrogens is 319 g/mol. The van der Waals surface area contributed by atoms with Crippen LogP contribution in [0, 0.1) is 12.7 Å². The monoisotopic (exact) mass is 342 g/mol. The van der Waals surface area contributed by atoms with Gasteiger partial charge in [0.1, 0.15) is 5.82 Å². The number of hydrogen-bond donors (Lipinski definition) is 1. The van der Waals surface area contributed by atoms with Crippen LogP contribution in [-0.2, 0) is 0 Å². The summed E-state index contributed by atoms with van der Waals surface area (Å²) in [5.74, 6) is -0.175. The van der Waals surface area contributed by atoms with Gasteiger partial charge >= 0.3 is 0 Å². The summed E-state index contributed by atoms with van der Waals surface area (Å²) in [6, 6.07) is 4.52. The first-order chi connectivity index (χ1) is 9.56. The zero-order chi connectivity index (χ0) is 14.7. The van der Waals surface area contributed by atoms with Crippen LogP contribution in [0.25, 0.3) is 0 Å². The number of rotatable bonds is 4. The molecule has 1 aliphatic heterocycles. The van der Waals surface area contributed by atoms with Gasteiger partial charge in [-0.15, -0.1) is 0 Å². The maximum absolute atomic E-state index is 13.9. The van der Waals surface area contributed by atoms with Gasteiger partial charge < -0.3 is 10.2 Å². The summed E-state index contributed by atoms with van der Waals surface area (Å²) in [6.45, 7) is 8.42. The van der Waals surface area contributed by atoms with Crippen LogP contribution in [0.5, 0.6) is 0 Å². The molecule has 0 bridgehead atoms. The number of anilines is 1. The van der Waals surface area contributed by atoms with E-state index in [1.54, 1.807) is 6.07 Å². The Hall–Kier alpha value is -0.610. The van der Waals surface area contributed by atoms with Crippen molar-refractivity contribution in [1.29, 1.82) is 0 Å². The minimum atomic E-state index is -0.175. The molecular formula is C16H24BrFN2. The number of hydrogen-bond acceptors (Lipinski definition) is 2.